The molecule has 9 heteroatoms. The maximum Gasteiger partial charge on any atom is 0.234 e. The van der Waals surface area contributed by atoms with Crippen molar-refractivity contribution in [2.24, 2.45) is 16.5 Å². The molecule has 4 aliphatic rings. The summed E-state index contributed by atoms with van der Waals surface area (Å²) >= 11 is 2.29. The Morgan fingerprint density at radius 1 is 1.24 bits per heavy atom. The van der Waals surface area contributed by atoms with Gasteiger partial charge in [0, 0.05) is 40.1 Å². The average molecular weight is 631 g/mol. The minimum absolute atomic E-state index is 0.207. The molecule has 1 aromatic heterocycles. The van der Waals surface area contributed by atoms with Crippen LogP contribution in [0.5, 0.6) is 0 Å². The molecular weight excluding hydrogens is 599 g/mol. The first-order valence-electron chi connectivity index (χ1n) is 12.7. The molecule has 194 valence electrons. The van der Waals surface area contributed by atoms with Crippen LogP contribution in [0.25, 0.3) is 0 Å². The van der Waals surface area contributed by atoms with Gasteiger partial charge < -0.3 is 14.3 Å². The minimum Gasteiger partial charge on any atom is -0.360 e. The van der Waals surface area contributed by atoms with Crippen LogP contribution >= 0.6 is 22.6 Å². The summed E-state index contributed by atoms with van der Waals surface area (Å²) in [5, 5.41) is 4.58. The van der Waals surface area contributed by atoms with Crippen LogP contribution < -0.4 is 0 Å². The Balaban J connectivity index is 1.35. The third-order valence-electron chi connectivity index (χ3n) is 8.08. The molecule has 4 heterocycles. The van der Waals surface area contributed by atoms with E-state index >= 15 is 0 Å². The van der Waals surface area contributed by atoms with Gasteiger partial charge in [0.25, 0.3) is 0 Å². The van der Waals surface area contributed by atoms with Gasteiger partial charge >= 0.3 is 0 Å². The Morgan fingerprint density at radius 3 is 2.65 bits per heavy atom. The number of imidazole rings is 1. The molecule has 0 bridgehead atoms. The maximum absolute atomic E-state index is 12.3. The molecule has 1 aliphatic carbocycles. The van der Waals surface area contributed by atoms with Crippen molar-refractivity contribution < 1.29 is 13.3 Å². The van der Waals surface area contributed by atoms with E-state index < -0.39 is 15.6 Å². The summed E-state index contributed by atoms with van der Waals surface area (Å²) in [5.41, 5.74) is 3.09. The van der Waals surface area contributed by atoms with E-state index in [9.17, 15) is 8.42 Å². The summed E-state index contributed by atoms with van der Waals surface area (Å²) < 4.78 is 28.0. The molecule has 3 aliphatic heterocycles. The number of sulfone groups is 1. The smallest absolute Gasteiger partial charge is 0.234 e. The van der Waals surface area contributed by atoms with Gasteiger partial charge in [-0.05, 0) is 71.7 Å². The number of nitrogens with zero attached hydrogens (tertiary/aromatic N) is 4. The maximum atomic E-state index is 12.3. The van der Waals surface area contributed by atoms with E-state index in [1.807, 2.05) is 20.2 Å². The zero-order valence-electron chi connectivity index (χ0n) is 21.3. The zero-order valence-corrected chi connectivity index (χ0v) is 24.2. The third-order valence-corrected chi connectivity index (χ3v) is 10.9. The molecular formula is C28H31IN4O3S. The van der Waals surface area contributed by atoms with Crippen molar-refractivity contribution in [3.63, 3.8) is 0 Å². The molecule has 0 amide bonds. The van der Waals surface area contributed by atoms with Crippen molar-refractivity contribution in [2.45, 2.75) is 45.4 Å². The highest BCUT2D eigenvalue weighted by molar-refractivity contribution is 14.1. The minimum atomic E-state index is -3.00. The number of allylic oxidation sites excluding steroid dienone is 5. The number of piperidine rings is 1. The van der Waals surface area contributed by atoms with Gasteiger partial charge in [0.2, 0.25) is 5.72 Å². The lowest BCUT2D eigenvalue weighted by atomic mass is 9.77. The predicted molar refractivity (Wildman–Crippen MR) is 153 cm³/mol. The van der Waals surface area contributed by atoms with Gasteiger partial charge in [-0.2, -0.15) is 0 Å². The second-order valence-electron chi connectivity index (χ2n) is 11.0. The van der Waals surface area contributed by atoms with Crippen molar-refractivity contribution in [1.29, 1.82) is 0 Å². The Labute approximate surface area is 232 Å². The molecule has 37 heavy (non-hydrogen) atoms. The van der Waals surface area contributed by atoms with Crippen LogP contribution in [-0.2, 0) is 20.4 Å². The van der Waals surface area contributed by atoms with Crippen molar-refractivity contribution in [3.8, 4) is 0 Å². The van der Waals surface area contributed by atoms with E-state index in [-0.39, 0.29) is 23.0 Å². The number of hydrogen-bond acceptors (Lipinski definition) is 6. The highest BCUT2D eigenvalue weighted by Crippen LogP contribution is 2.49. The van der Waals surface area contributed by atoms with Gasteiger partial charge in [-0.1, -0.05) is 42.4 Å². The average Bonchev–Trinajstić information content (AvgIpc) is 3.42. The number of halogens is 1. The first-order chi connectivity index (χ1) is 17.6. The van der Waals surface area contributed by atoms with Crippen LogP contribution in [0.1, 0.15) is 44.0 Å². The molecule has 0 N–H and O–H groups in total. The van der Waals surface area contributed by atoms with Crippen LogP contribution in [0.3, 0.4) is 0 Å². The molecule has 2 fully saturated rings. The van der Waals surface area contributed by atoms with Gasteiger partial charge in [0.1, 0.15) is 0 Å². The summed E-state index contributed by atoms with van der Waals surface area (Å²) in [7, 11) is -3.00. The first kappa shape index (κ1) is 24.9. The summed E-state index contributed by atoms with van der Waals surface area (Å²) in [4.78, 5) is 12.7. The molecule has 6 rings (SSSR count). The van der Waals surface area contributed by atoms with Gasteiger partial charge in [-0.3, -0.25) is 0 Å². The van der Waals surface area contributed by atoms with Gasteiger partial charge in [0.05, 0.1) is 29.6 Å². The Hall–Kier alpha value is -2.40. The van der Waals surface area contributed by atoms with Crippen LogP contribution in [0.2, 0.25) is 0 Å². The molecule has 7 nitrogen and oxygen atoms in total. The summed E-state index contributed by atoms with van der Waals surface area (Å²) in [6, 6.07) is 8.49. The van der Waals surface area contributed by atoms with E-state index in [4.69, 9.17) is 4.84 Å². The lowest BCUT2D eigenvalue weighted by Crippen LogP contribution is -2.62. The number of aromatic nitrogens is 2. The molecule has 0 saturated carbocycles. The molecule has 2 aromatic rings. The van der Waals surface area contributed by atoms with Crippen LogP contribution in [0.15, 0.2) is 77.4 Å². The molecule has 2 saturated heterocycles. The fourth-order valence-corrected chi connectivity index (χ4v) is 8.79. The van der Waals surface area contributed by atoms with Crippen LogP contribution in [0, 0.1) is 21.8 Å². The van der Waals surface area contributed by atoms with Crippen LogP contribution in [0.4, 0.5) is 0 Å². The Bertz CT molecular complexity index is 1460. The molecule has 3 atom stereocenters. The normalized spacial score (nSPS) is 30.5. The second kappa shape index (κ2) is 8.83. The SMILES string of the molecule is CCC1C=C(/C=C2\CC3(CN4C2=NOC4(C)c2ccc(I)cc2)CS(=O)(=O)C3)C=CC1n1cnc(C)c1. The summed E-state index contributed by atoms with van der Waals surface area (Å²) in [6.45, 7) is 6.86. The number of hydrogen-bond donors (Lipinski definition) is 0. The summed E-state index contributed by atoms with van der Waals surface area (Å²) in [6.07, 6.45) is 14.6. The number of oxime groups is 1. The highest BCUT2D eigenvalue weighted by atomic mass is 127. The van der Waals surface area contributed by atoms with Gasteiger partial charge in [-0.25, -0.2) is 13.4 Å². The molecule has 0 radical (unpaired) electrons. The topological polar surface area (TPSA) is 76.8 Å². The van der Waals surface area contributed by atoms with Crippen molar-refractivity contribution in [2.75, 3.05) is 18.1 Å². The van der Waals surface area contributed by atoms with E-state index in [2.05, 4.69) is 104 Å². The Morgan fingerprint density at radius 2 is 2.00 bits per heavy atom. The second-order valence-corrected chi connectivity index (χ2v) is 14.3. The van der Waals surface area contributed by atoms with E-state index in [0.29, 0.717) is 18.9 Å². The number of benzene rings is 1. The van der Waals surface area contributed by atoms with E-state index in [1.165, 1.54) is 0 Å². The van der Waals surface area contributed by atoms with Gasteiger partial charge in [0.15, 0.2) is 15.7 Å². The number of aryl methyl sites for hydroxylation is 1. The highest BCUT2D eigenvalue weighted by Gasteiger charge is 2.58. The zero-order chi connectivity index (χ0) is 26.0. The lowest BCUT2D eigenvalue weighted by Gasteiger charge is -2.50. The van der Waals surface area contributed by atoms with Gasteiger partial charge in [-0.15, -0.1) is 0 Å². The largest absolute Gasteiger partial charge is 0.360 e. The number of rotatable bonds is 4. The van der Waals surface area contributed by atoms with E-state index in [1.54, 1.807) is 0 Å². The summed E-state index contributed by atoms with van der Waals surface area (Å²) in [5.74, 6) is 1.56. The van der Waals surface area contributed by atoms with Crippen molar-refractivity contribution >= 4 is 38.3 Å². The first-order valence-corrected chi connectivity index (χ1v) is 15.6. The number of amidine groups is 1. The lowest BCUT2D eigenvalue weighted by molar-refractivity contribution is -0.101. The fourth-order valence-electron chi connectivity index (χ4n) is 6.27. The van der Waals surface area contributed by atoms with Crippen molar-refractivity contribution in [1.82, 2.24) is 14.5 Å². The molecule has 3 unspecified atom stereocenters. The predicted octanol–water partition coefficient (Wildman–Crippen LogP) is 5.12. The molecule has 1 aromatic carbocycles. The fraction of sp³-hybridized carbons (Fsp3) is 0.429. The van der Waals surface area contributed by atoms with Crippen molar-refractivity contribution in [3.05, 3.63) is 87.1 Å². The standard InChI is InChI=1S/C28H31IN4O3S/c1-4-21-11-20(5-10-25(21)32-14-19(2)30-18-32)12-22-13-28(16-37(34,35)17-28)15-33-26(22)31-36-27(33,3)23-6-8-24(29)9-7-23/h5-12,14,18,21,25H,4,13,15-17H2,1-3H3/b22-12+. The number of fused-ring (bicyclic) bond motifs is 1. The van der Waals surface area contributed by atoms with Crippen LogP contribution in [-0.4, -0.2) is 46.8 Å². The Kier molecular flexibility index (Phi) is 5.94. The third kappa shape index (κ3) is 4.37. The monoisotopic (exact) mass is 630 g/mol. The van der Waals surface area contributed by atoms with E-state index in [0.717, 1.165) is 38.2 Å². The molecule has 1 spiro atoms. The quantitative estimate of drug-likeness (QED) is 0.439.